The van der Waals surface area contributed by atoms with Gasteiger partial charge in [-0.1, -0.05) is 11.6 Å². The highest BCUT2D eigenvalue weighted by Gasteiger charge is 2.26. The Bertz CT molecular complexity index is 414. The second kappa shape index (κ2) is 3.68. The van der Waals surface area contributed by atoms with Gasteiger partial charge in [-0.2, -0.15) is 0 Å². The zero-order valence-corrected chi connectivity index (χ0v) is 8.36. The average molecular weight is 206 g/mol. The zero-order chi connectivity index (χ0) is 11.0. The Morgan fingerprint density at radius 1 is 1.40 bits per heavy atom. The Kier molecular flexibility index (Phi) is 2.50. The summed E-state index contributed by atoms with van der Waals surface area (Å²) in [6, 6.07) is 3.32. The molecule has 0 aliphatic carbocycles. The van der Waals surface area contributed by atoms with Gasteiger partial charge in [0.15, 0.2) is 5.78 Å². The molecule has 78 valence electrons. The molecule has 0 atom stereocenters. The van der Waals surface area contributed by atoms with E-state index in [2.05, 4.69) is 0 Å². The van der Waals surface area contributed by atoms with Crippen LogP contribution in [0.3, 0.4) is 0 Å². The van der Waals surface area contributed by atoms with Crippen LogP contribution in [0.1, 0.15) is 22.3 Å². The molecule has 1 aromatic carbocycles. The van der Waals surface area contributed by atoms with Gasteiger partial charge in [0.05, 0.1) is 12.2 Å². The van der Waals surface area contributed by atoms with Crippen molar-refractivity contribution in [1.29, 1.82) is 0 Å². The molecule has 1 aliphatic rings. The lowest BCUT2D eigenvalue weighted by Crippen LogP contribution is -2.34. The Hall–Kier alpha value is -1.33. The normalized spacial score (nSPS) is 14.5. The van der Waals surface area contributed by atoms with Crippen LogP contribution in [-0.4, -0.2) is 29.6 Å². The maximum absolute atomic E-state index is 11.6. The molecule has 1 aliphatic heterocycles. The SMILES string of the molecule is Cc1cc(B(O)O)c2c(c1)C(=O)CCO2. The molecule has 0 radical (unpaired) electrons. The standard InChI is InChI=1S/C10H11BO4/c1-6-4-7-9(12)2-3-15-10(7)8(5-6)11(13)14/h4-5,13-14H,2-3H2,1H3. The number of ether oxygens (including phenoxy) is 1. The highest BCUT2D eigenvalue weighted by atomic mass is 16.5. The third-order valence-corrected chi connectivity index (χ3v) is 2.42. The number of aryl methyl sites for hydroxylation is 1. The molecule has 1 heterocycles. The van der Waals surface area contributed by atoms with Gasteiger partial charge in [-0.15, -0.1) is 0 Å². The minimum Gasteiger partial charge on any atom is -0.493 e. The minimum atomic E-state index is -1.61. The van der Waals surface area contributed by atoms with Gasteiger partial charge in [0, 0.05) is 11.9 Å². The number of Topliss-reactive ketones (excluding diaryl/α,β-unsaturated/α-hetero) is 1. The van der Waals surface area contributed by atoms with Gasteiger partial charge in [0.2, 0.25) is 0 Å². The fourth-order valence-corrected chi connectivity index (χ4v) is 1.74. The molecule has 4 nitrogen and oxygen atoms in total. The van der Waals surface area contributed by atoms with Gasteiger partial charge in [-0.05, 0) is 13.0 Å². The first-order valence-electron chi connectivity index (χ1n) is 4.76. The van der Waals surface area contributed by atoms with Crippen LogP contribution in [0.15, 0.2) is 12.1 Å². The van der Waals surface area contributed by atoms with Crippen LogP contribution < -0.4 is 10.2 Å². The van der Waals surface area contributed by atoms with Crippen molar-refractivity contribution in [2.75, 3.05) is 6.61 Å². The molecule has 2 N–H and O–H groups in total. The Labute approximate surface area is 87.6 Å². The van der Waals surface area contributed by atoms with Crippen molar-refractivity contribution in [2.24, 2.45) is 0 Å². The average Bonchev–Trinajstić information content (AvgIpc) is 2.18. The summed E-state index contributed by atoms with van der Waals surface area (Å²) in [5.41, 5.74) is 1.53. The predicted octanol–water partition coefficient (Wildman–Crippen LogP) is -0.360. The molecule has 5 heteroatoms. The molecule has 2 rings (SSSR count). The second-order valence-corrected chi connectivity index (χ2v) is 3.63. The summed E-state index contributed by atoms with van der Waals surface area (Å²) in [6.45, 7) is 2.10. The molecule has 0 fully saturated rings. The van der Waals surface area contributed by atoms with E-state index in [9.17, 15) is 4.79 Å². The Morgan fingerprint density at radius 3 is 2.80 bits per heavy atom. The first kappa shape index (κ1) is 10.2. The minimum absolute atomic E-state index is 0.0122. The van der Waals surface area contributed by atoms with Crippen molar-refractivity contribution in [3.63, 3.8) is 0 Å². The maximum atomic E-state index is 11.6. The van der Waals surface area contributed by atoms with E-state index in [0.717, 1.165) is 5.56 Å². The lowest BCUT2D eigenvalue weighted by molar-refractivity contribution is 0.0934. The van der Waals surface area contributed by atoms with Crippen molar-refractivity contribution in [2.45, 2.75) is 13.3 Å². The molecule has 0 amide bonds. The molecule has 0 saturated carbocycles. The van der Waals surface area contributed by atoms with Gasteiger partial charge in [0.25, 0.3) is 0 Å². The lowest BCUT2D eigenvalue weighted by Gasteiger charge is -2.20. The number of benzene rings is 1. The van der Waals surface area contributed by atoms with Gasteiger partial charge in [0.1, 0.15) is 5.75 Å². The van der Waals surface area contributed by atoms with Gasteiger partial charge < -0.3 is 14.8 Å². The summed E-state index contributed by atoms with van der Waals surface area (Å²) in [5, 5.41) is 18.3. The molecule has 15 heavy (non-hydrogen) atoms. The van der Waals surface area contributed by atoms with Crippen molar-refractivity contribution >= 4 is 18.4 Å². The van der Waals surface area contributed by atoms with Crippen LogP contribution >= 0.6 is 0 Å². The second-order valence-electron chi connectivity index (χ2n) is 3.63. The Morgan fingerprint density at radius 2 is 2.13 bits per heavy atom. The summed E-state index contributed by atoms with van der Waals surface area (Å²) in [6.07, 6.45) is 0.345. The van der Waals surface area contributed by atoms with Crippen molar-refractivity contribution in [3.8, 4) is 5.75 Å². The topological polar surface area (TPSA) is 66.8 Å². The van der Waals surface area contributed by atoms with Crippen molar-refractivity contribution in [1.82, 2.24) is 0 Å². The summed E-state index contributed by atoms with van der Waals surface area (Å²) in [4.78, 5) is 11.6. The number of hydrogen-bond donors (Lipinski definition) is 2. The fourth-order valence-electron chi connectivity index (χ4n) is 1.74. The van der Waals surface area contributed by atoms with Crippen LogP contribution in [0, 0.1) is 6.92 Å². The fraction of sp³-hybridized carbons (Fsp3) is 0.300. The van der Waals surface area contributed by atoms with E-state index in [-0.39, 0.29) is 11.2 Å². The summed E-state index contributed by atoms with van der Waals surface area (Å²) in [5.74, 6) is 0.300. The van der Waals surface area contributed by atoms with E-state index in [0.29, 0.717) is 24.3 Å². The highest BCUT2D eigenvalue weighted by Crippen LogP contribution is 2.24. The van der Waals surface area contributed by atoms with E-state index in [4.69, 9.17) is 14.8 Å². The maximum Gasteiger partial charge on any atom is 0.492 e. The van der Waals surface area contributed by atoms with Gasteiger partial charge >= 0.3 is 7.12 Å². The van der Waals surface area contributed by atoms with Crippen LogP contribution in [0.4, 0.5) is 0 Å². The molecule has 0 spiro atoms. The first-order chi connectivity index (χ1) is 7.09. The van der Waals surface area contributed by atoms with Crippen molar-refractivity contribution in [3.05, 3.63) is 23.3 Å². The van der Waals surface area contributed by atoms with Crippen molar-refractivity contribution < 1.29 is 19.6 Å². The first-order valence-corrected chi connectivity index (χ1v) is 4.76. The highest BCUT2D eigenvalue weighted by molar-refractivity contribution is 6.60. The third-order valence-electron chi connectivity index (χ3n) is 2.42. The third kappa shape index (κ3) is 1.76. The summed E-state index contributed by atoms with van der Waals surface area (Å²) >= 11 is 0. The predicted molar refractivity (Wildman–Crippen MR) is 55.4 cm³/mol. The number of fused-ring (bicyclic) bond motifs is 1. The molecular weight excluding hydrogens is 195 g/mol. The number of rotatable bonds is 1. The van der Waals surface area contributed by atoms with E-state index in [1.165, 1.54) is 0 Å². The van der Waals surface area contributed by atoms with Gasteiger partial charge in [-0.3, -0.25) is 4.79 Å². The van der Waals surface area contributed by atoms with Gasteiger partial charge in [-0.25, -0.2) is 0 Å². The molecule has 0 saturated heterocycles. The van der Waals surface area contributed by atoms with E-state index >= 15 is 0 Å². The largest absolute Gasteiger partial charge is 0.493 e. The smallest absolute Gasteiger partial charge is 0.492 e. The molecule has 0 unspecified atom stereocenters. The van der Waals surface area contributed by atoms with Crippen LogP contribution in [0.5, 0.6) is 5.75 Å². The molecule has 1 aromatic rings. The van der Waals surface area contributed by atoms with Crippen LogP contribution in [-0.2, 0) is 0 Å². The summed E-state index contributed by atoms with van der Waals surface area (Å²) in [7, 11) is -1.61. The number of hydrogen-bond acceptors (Lipinski definition) is 4. The number of carbonyl (C=O) groups is 1. The van der Waals surface area contributed by atoms with Crippen LogP contribution in [0.2, 0.25) is 0 Å². The molecule has 0 aromatic heterocycles. The Balaban J connectivity index is 2.62. The zero-order valence-electron chi connectivity index (χ0n) is 8.36. The van der Waals surface area contributed by atoms with Crippen LogP contribution in [0.25, 0.3) is 0 Å². The number of carbonyl (C=O) groups excluding carboxylic acids is 1. The van der Waals surface area contributed by atoms with E-state index < -0.39 is 7.12 Å². The quantitative estimate of drug-likeness (QED) is 0.615. The number of ketones is 1. The van der Waals surface area contributed by atoms with E-state index in [1.807, 2.05) is 0 Å². The monoisotopic (exact) mass is 206 g/mol. The lowest BCUT2D eigenvalue weighted by atomic mass is 9.76. The van der Waals surface area contributed by atoms with E-state index in [1.54, 1.807) is 19.1 Å². The molecule has 0 bridgehead atoms. The summed E-state index contributed by atoms with van der Waals surface area (Å²) < 4.78 is 5.30. The molecular formula is C10H11BO4.